The van der Waals surface area contributed by atoms with Crippen molar-refractivity contribution < 1.29 is 18.0 Å². The molecule has 3 nitrogen and oxygen atoms in total. The van der Waals surface area contributed by atoms with Gasteiger partial charge in [0.15, 0.2) is 0 Å². The molecule has 110 valence electrons. The zero-order chi connectivity index (χ0) is 13.9. The van der Waals surface area contributed by atoms with Gasteiger partial charge in [0.1, 0.15) is 0 Å². The zero-order valence-electron chi connectivity index (χ0n) is 10.9. The van der Waals surface area contributed by atoms with Crippen molar-refractivity contribution in [3.05, 3.63) is 0 Å². The predicted octanol–water partition coefficient (Wildman–Crippen LogP) is 2.22. The Bertz CT molecular complexity index is 314. The van der Waals surface area contributed by atoms with Crippen molar-refractivity contribution in [2.24, 2.45) is 11.8 Å². The Morgan fingerprint density at radius 2 is 1.84 bits per heavy atom. The summed E-state index contributed by atoms with van der Waals surface area (Å²) in [6.45, 7) is 1.47. The van der Waals surface area contributed by atoms with E-state index in [0.717, 1.165) is 25.8 Å². The number of hydrogen-bond donors (Lipinski definition) is 2. The quantitative estimate of drug-likeness (QED) is 0.813. The maximum Gasteiger partial charge on any atom is 0.393 e. The van der Waals surface area contributed by atoms with Gasteiger partial charge in [-0.3, -0.25) is 4.79 Å². The smallest absolute Gasteiger partial charge is 0.352 e. The molecule has 1 heterocycles. The topological polar surface area (TPSA) is 41.1 Å². The Balaban J connectivity index is 1.93. The average Bonchev–Trinajstić information content (AvgIpc) is 2.39. The van der Waals surface area contributed by atoms with E-state index in [9.17, 15) is 18.0 Å². The van der Waals surface area contributed by atoms with E-state index >= 15 is 0 Å². The summed E-state index contributed by atoms with van der Waals surface area (Å²) in [4.78, 5) is 12.0. The zero-order valence-corrected chi connectivity index (χ0v) is 10.9. The summed E-state index contributed by atoms with van der Waals surface area (Å²) in [5.41, 5.74) is 0. The van der Waals surface area contributed by atoms with Gasteiger partial charge in [-0.15, -0.1) is 0 Å². The van der Waals surface area contributed by atoms with Crippen LogP contribution in [0.4, 0.5) is 13.2 Å². The maximum absolute atomic E-state index is 12.9. The van der Waals surface area contributed by atoms with Gasteiger partial charge in [-0.05, 0) is 32.2 Å². The largest absolute Gasteiger partial charge is 0.393 e. The Morgan fingerprint density at radius 1 is 1.11 bits per heavy atom. The standard InChI is InChI=1S/C13H21F3N2O/c14-13(15,16)10-5-1-2-6-11(10)18-12(19)9-4-3-7-17-8-9/h9-11,17H,1-8H2,(H,18,19)/t9-,10?,11?/m0/s1. The van der Waals surface area contributed by atoms with Gasteiger partial charge in [-0.25, -0.2) is 0 Å². The molecule has 2 fully saturated rings. The first-order valence-electron chi connectivity index (χ1n) is 7.06. The molecule has 0 aromatic rings. The fourth-order valence-electron chi connectivity index (χ4n) is 3.07. The minimum absolute atomic E-state index is 0.136. The summed E-state index contributed by atoms with van der Waals surface area (Å²) >= 11 is 0. The SMILES string of the molecule is O=C(NC1CCCCC1C(F)(F)F)[C@H]1CCCNC1. The third-order valence-electron chi connectivity index (χ3n) is 4.18. The van der Waals surface area contributed by atoms with Crippen molar-refractivity contribution in [2.75, 3.05) is 13.1 Å². The number of amides is 1. The van der Waals surface area contributed by atoms with Gasteiger partial charge in [0.05, 0.1) is 11.8 Å². The van der Waals surface area contributed by atoms with Gasteiger partial charge in [-0.2, -0.15) is 13.2 Å². The third-order valence-corrected chi connectivity index (χ3v) is 4.18. The lowest BCUT2D eigenvalue weighted by Crippen LogP contribution is -2.51. The lowest BCUT2D eigenvalue weighted by molar-refractivity contribution is -0.189. The average molecular weight is 278 g/mol. The van der Waals surface area contributed by atoms with Gasteiger partial charge in [0.25, 0.3) is 0 Å². The maximum atomic E-state index is 12.9. The fraction of sp³-hybridized carbons (Fsp3) is 0.923. The van der Waals surface area contributed by atoms with E-state index in [2.05, 4.69) is 10.6 Å². The van der Waals surface area contributed by atoms with Gasteiger partial charge < -0.3 is 10.6 Å². The number of piperidine rings is 1. The summed E-state index contributed by atoms with van der Waals surface area (Å²) in [7, 11) is 0. The van der Waals surface area contributed by atoms with Crippen molar-refractivity contribution in [2.45, 2.75) is 50.7 Å². The number of nitrogens with one attached hydrogen (secondary N) is 2. The Labute approximate surface area is 111 Å². The molecule has 0 radical (unpaired) electrons. The van der Waals surface area contributed by atoms with E-state index in [0.29, 0.717) is 19.4 Å². The molecule has 0 aromatic heterocycles. The van der Waals surface area contributed by atoms with Gasteiger partial charge >= 0.3 is 6.18 Å². The van der Waals surface area contributed by atoms with Crippen LogP contribution in [0.2, 0.25) is 0 Å². The van der Waals surface area contributed by atoms with Crippen LogP contribution in [0.25, 0.3) is 0 Å². The third kappa shape index (κ3) is 3.84. The summed E-state index contributed by atoms with van der Waals surface area (Å²) in [5.74, 6) is -1.76. The van der Waals surface area contributed by atoms with Crippen LogP contribution in [-0.2, 0) is 4.79 Å². The molecule has 0 bridgehead atoms. The first kappa shape index (κ1) is 14.6. The molecule has 1 saturated heterocycles. The predicted molar refractivity (Wildman–Crippen MR) is 65.5 cm³/mol. The van der Waals surface area contributed by atoms with Crippen molar-refractivity contribution in [3.63, 3.8) is 0 Å². The normalized spacial score (nSPS) is 32.9. The molecule has 1 saturated carbocycles. The minimum atomic E-state index is -4.21. The molecular weight excluding hydrogens is 257 g/mol. The highest BCUT2D eigenvalue weighted by Gasteiger charge is 2.46. The minimum Gasteiger partial charge on any atom is -0.352 e. The van der Waals surface area contributed by atoms with E-state index in [4.69, 9.17) is 0 Å². The van der Waals surface area contributed by atoms with Crippen LogP contribution >= 0.6 is 0 Å². The van der Waals surface area contributed by atoms with E-state index in [1.807, 2.05) is 0 Å². The lowest BCUT2D eigenvalue weighted by Gasteiger charge is -2.34. The molecule has 0 aromatic carbocycles. The molecule has 3 atom stereocenters. The first-order valence-corrected chi connectivity index (χ1v) is 7.06. The van der Waals surface area contributed by atoms with E-state index < -0.39 is 18.1 Å². The molecule has 1 aliphatic heterocycles. The Hall–Kier alpha value is -0.780. The molecule has 1 amide bonds. The molecule has 2 aliphatic rings. The van der Waals surface area contributed by atoms with Crippen LogP contribution in [-0.4, -0.2) is 31.2 Å². The van der Waals surface area contributed by atoms with E-state index in [1.54, 1.807) is 0 Å². The van der Waals surface area contributed by atoms with E-state index in [1.165, 1.54) is 0 Å². The second kappa shape index (κ2) is 6.11. The number of carbonyl (C=O) groups is 1. The van der Waals surface area contributed by atoms with Crippen LogP contribution in [0.15, 0.2) is 0 Å². The summed E-state index contributed by atoms with van der Waals surface area (Å²) < 4.78 is 38.8. The molecule has 0 spiro atoms. The second-order valence-corrected chi connectivity index (χ2v) is 5.59. The van der Waals surface area contributed by atoms with Crippen molar-refractivity contribution in [1.82, 2.24) is 10.6 Å². The van der Waals surface area contributed by atoms with Crippen LogP contribution < -0.4 is 10.6 Å². The molecule has 19 heavy (non-hydrogen) atoms. The van der Waals surface area contributed by atoms with Gasteiger partial charge in [0.2, 0.25) is 5.91 Å². The first-order chi connectivity index (χ1) is 8.98. The summed E-state index contributed by atoms with van der Waals surface area (Å²) in [5, 5.41) is 5.76. The lowest BCUT2D eigenvalue weighted by atomic mass is 9.83. The Morgan fingerprint density at radius 3 is 2.47 bits per heavy atom. The number of rotatable bonds is 2. The van der Waals surface area contributed by atoms with Crippen molar-refractivity contribution in [1.29, 1.82) is 0 Å². The fourth-order valence-corrected chi connectivity index (χ4v) is 3.07. The highest BCUT2D eigenvalue weighted by Crippen LogP contribution is 2.37. The van der Waals surface area contributed by atoms with Crippen LogP contribution in [0, 0.1) is 11.8 Å². The van der Waals surface area contributed by atoms with Crippen LogP contribution in [0.1, 0.15) is 38.5 Å². The number of hydrogen-bond acceptors (Lipinski definition) is 2. The summed E-state index contributed by atoms with van der Waals surface area (Å²) in [6, 6.07) is -0.733. The van der Waals surface area contributed by atoms with Crippen LogP contribution in [0.3, 0.4) is 0 Å². The second-order valence-electron chi connectivity index (χ2n) is 5.59. The number of alkyl halides is 3. The molecule has 2 N–H and O–H groups in total. The highest BCUT2D eigenvalue weighted by molar-refractivity contribution is 5.79. The van der Waals surface area contributed by atoms with Crippen LogP contribution in [0.5, 0.6) is 0 Å². The molecule has 2 unspecified atom stereocenters. The van der Waals surface area contributed by atoms with Crippen molar-refractivity contribution in [3.8, 4) is 0 Å². The monoisotopic (exact) mass is 278 g/mol. The molecule has 2 rings (SSSR count). The molecular formula is C13H21F3N2O. The number of halogens is 3. The van der Waals surface area contributed by atoms with Gasteiger partial charge in [-0.1, -0.05) is 12.8 Å². The molecule has 1 aliphatic carbocycles. The van der Waals surface area contributed by atoms with Crippen molar-refractivity contribution >= 4 is 5.91 Å². The summed E-state index contributed by atoms with van der Waals surface area (Å²) in [6.07, 6.45) is -0.591. The molecule has 6 heteroatoms. The number of carbonyl (C=O) groups excluding carboxylic acids is 1. The van der Waals surface area contributed by atoms with E-state index in [-0.39, 0.29) is 18.2 Å². The highest BCUT2D eigenvalue weighted by atomic mass is 19.4. The van der Waals surface area contributed by atoms with Gasteiger partial charge in [0, 0.05) is 12.6 Å². The Kier molecular flexibility index (Phi) is 4.71.